The van der Waals surface area contributed by atoms with Crippen molar-refractivity contribution in [3.63, 3.8) is 0 Å². The van der Waals surface area contributed by atoms with Crippen LogP contribution in [-0.4, -0.2) is 49.9 Å². The SMILES string of the molecule is CN=C(NCc1ccc(S(N)(=O)=O)s1)N1CCSC2(CCCCC2)C1. The Kier molecular flexibility index (Phi) is 5.97. The molecular weight excluding hydrogens is 376 g/mol. The van der Waals surface area contributed by atoms with E-state index in [0.717, 1.165) is 29.7 Å². The first-order chi connectivity index (χ1) is 11.9. The van der Waals surface area contributed by atoms with Crippen molar-refractivity contribution in [2.75, 3.05) is 25.9 Å². The zero-order chi connectivity index (χ0) is 17.9. The highest BCUT2D eigenvalue weighted by Gasteiger charge is 2.38. The van der Waals surface area contributed by atoms with Crippen molar-refractivity contribution < 1.29 is 8.42 Å². The van der Waals surface area contributed by atoms with Crippen LogP contribution in [0.3, 0.4) is 0 Å². The lowest BCUT2D eigenvalue weighted by molar-refractivity contribution is 0.293. The lowest BCUT2D eigenvalue weighted by Crippen LogP contribution is -2.53. The van der Waals surface area contributed by atoms with E-state index in [-0.39, 0.29) is 4.21 Å². The van der Waals surface area contributed by atoms with Crippen molar-refractivity contribution in [3.8, 4) is 0 Å². The molecule has 1 saturated carbocycles. The lowest BCUT2D eigenvalue weighted by Gasteiger charge is -2.45. The highest BCUT2D eigenvalue weighted by atomic mass is 32.2. The summed E-state index contributed by atoms with van der Waals surface area (Å²) in [5.41, 5.74) is 0. The first kappa shape index (κ1) is 19.0. The van der Waals surface area contributed by atoms with Gasteiger partial charge < -0.3 is 10.2 Å². The third-order valence-electron chi connectivity index (χ3n) is 4.86. The van der Waals surface area contributed by atoms with E-state index >= 15 is 0 Å². The summed E-state index contributed by atoms with van der Waals surface area (Å²) in [7, 11) is -1.81. The molecule has 1 aromatic rings. The van der Waals surface area contributed by atoms with E-state index in [1.165, 1.54) is 43.4 Å². The van der Waals surface area contributed by atoms with Gasteiger partial charge in [-0.05, 0) is 25.0 Å². The topological polar surface area (TPSA) is 87.8 Å². The van der Waals surface area contributed by atoms with Gasteiger partial charge in [0.15, 0.2) is 5.96 Å². The standard InChI is InChI=1S/C16H26N4O2S3/c1-18-15(19-11-13-5-6-14(24-13)25(17,21)22)20-9-10-23-16(12-20)7-3-2-4-8-16/h5-6H,2-4,7-12H2,1H3,(H,18,19)(H2,17,21,22). The number of hydrogen-bond acceptors (Lipinski definition) is 5. The molecule has 2 aliphatic rings. The molecule has 6 nitrogen and oxygen atoms in total. The fourth-order valence-electron chi connectivity index (χ4n) is 3.63. The molecule has 1 aromatic heterocycles. The van der Waals surface area contributed by atoms with Crippen LogP contribution in [0.1, 0.15) is 37.0 Å². The van der Waals surface area contributed by atoms with Gasteiger partial charge >= 0.3 is 0 Å². The third kappa shape index (κ3) is 4.69. The van der Waals surface area contributed by atoms with Crippen molar-refractivity contribution in [2.45, 2.75) is 47.6 Å². The second-order valence-corrected chi connectivity index (χ2v) is 11.2. The number of guanidine groups is 1. The summed E-state index contributed by atoms with van der Waals surface area (Å²) in [6.07, 6.45) is 6.62. The molecular formula is C16H26N4O2S3. The predicted octanol–water partition coefficient (Wildman–Crippen LogP) is 2.22. The van der Waals surface area contributed by atoms with Gasteiger partial charge in [0.25, 0.3) is 0 Å². The normalized spacial score (nSPS) is 21.5. The molecule has 0 bridgehead atoms. The number of aliphatic imine (C=N–C) groups is 1. The number of primary sulfonamides is 1. The highest BCUT2D eigenvalue weighted by molar-refractivity contribution is 8.00. The summed E-state index contributed by atoms with van der Waals surface area (Å²) in [4.78, 5) is 7.74. The molecule has 0 atom stereocenters. The van der Waals surface area contributed by atoms with E-state index in [0.29, 0.717) is 11.3 Å². The molecule has 2 fully saturated rings. The maximum atomic E-state index is 11.4. The summed E-state index contributed by atoms with van der Waals surface area (Å²) in [5, 5.41) is 8.56. The number of rotatable bonds is 3. The summed E-state index contributed by atoms with van der Waals surface area (Å²) in [5.74, 6) is 2.03. The Balaban J connectivity index is 1.61. The Labute approximate surface area is 158 Å². The molecule has 9 heteroatoms. The zero-order valence-corrected chi connectivity index (χ0v) is 17.0. The Morgan fingerprint density at radius 1 is 1.36 bits per heavy atom. The number of nitrogens with zero attached hydrogens (tertiary/aromatic N) is 2. The minimum atomic E-state index is -3.62. The monoisotopic (exact) mass is 402 g/mol. The van der Waals surface area contributed by atoms with Gasteiger partial charge in [-0.1, -0.05) is 19.3 Å². The van der Waals surface area contributed by atoms with Gasteiger partial charge in [0.05, 0.1) is 6.54 Å². The summed E-state index contributed by atoms with van der Waals surface area (Å²) >= 11 is 3.34. The maximum Gasteiger partial charge on any atom is 0.247 e. The van der Waals surface area contributed by atoms with Crippen LogP contribution in [0.25, 0.3) is 0 Å². The molecule has 3 N–H and O–H groups in total. The van der Waals surface area contributed by atoms with Crippen LogP contribution in [0.2, 0.25) is 0 Å². The summed E-state index contributed by atoms with van der Waals surface area (Å²) < 4.78 is 23.4. The minimum absolute atomic E-state index is 0.204. The van der Waals surface area contributed by atoms with E-state index < -0.39 is 10.0 Å². The average Bonchev–Trinajstić information content (AvgIpc) is 3.06. The van der Waals surface area contributed by atoms with Crippen molar-refractivity contribution >= 4 is 39.1 Å². The molecule has 25 heavy (non-hydrogen) atoms. The molecule has 1 spiro atoms. The molecule has 1 aliphatic heterocycles. The number of thiophene rings is 1. The molecule has 0 radical (unpaired) electrons. The molecule has 1 saturated heterocycles. The first-order valence-electron chi connectivity index (χ1n) is 8.63. The van der Waals surface area contributed by atoms with Gasteiger partial charge in [0.2, 0.25) is 10.0 Å². The van der Waals surface area contributed by atoms with Gasteiger partial charge in [0.1, 0.15) is 4.21 Å². The number of nitrogens with one attached hydrogen (secondary N) is 1. The Hall–Kier alpha value is -0.770. The number of nitrogens with two attached hydrogens (primary N) is 1. The second kappa shape index (κ2) is 7.85. The lowest BCUT2D eigenvalue weighted by atomic mass is 9.87. The molecule has 0 unspecified atom stereocenters. The fourth-order valence-corrected chi connectivity index (χ4v) is 6.92. The molecule has 2 heterocycles. The van der Waals surface area contributed by atoms with Crippen molar-refractivity contribution in [3.05, 3.63) is 17.0 Å². The zero-order valence-electron chi connectivity index (χ0n) is 14.5. The van der Waals surface area contributed by atoms with Crippen molar-refractivity contribution in [2.24, 2.45) is 10.1 Å². The van der Waals surface area contributed by atoms with Crippen LogP contribution in [0.15, 0.2) is 21.3 Å². The van der Waals surface area contributed by atoms with Crippen LogP contribution < -0.4 is 10.5 Å². The van der Waals surface area contributed by atoms with Gasteiger partial charge in [-0.15, -0.1) is 11.3 Å². The van der Waals surface area contributed by atoms with E-state index in [1.807, 2.05) is 7.05 Å². The van der Waals surface area contributed by atoms with E-state index in [9.17, 15) is 8.42 Å². The van der Waals surface area contributed by atoms with Crippen LogP contribution in [0.4, 0.5) is 0 Å². The molecule has 3 rings (SSSR count). The minimum Gasteiger partial charge on any atom is -0.351 e. The molecule has 0 aromatic carbocycles. The van der Waals surface area contributed by atoms with Gasteiger partial charge in [-0.2, -0.15) is 11.8 Å². The Morgan fingerprint density at radius 2 is 2.12 bits per heavy atom. The van der Waals surface area contributed by atoms with Crippen LogP contribution in [0, 0.1) is 0 Å². The quantitative estimate of drug-likeness (QED) is 0.598. The smallest absolute Gasteiger partial charge is 0.247 e. The van der Waals surface area contributed by atoms with Crippen molar-refractivity contribution in [1.29, 1.82) is 0 Å². The summed E-state index contributed by atoms with van der Waals surface area (Å²) in [6, 6.07) is 3.37. The molecule has 1 aliphatic carbocycles. The van der Waals surface area contributed by atoms with Gasteiger partial charge in [-0.3, -0.25) is 4.99 Å². The van der Waals surface area contributed by atoms with Crippen LogP contribution in [0.5, 0.6) is 0 Å². The van der Waals surface area contributed by atoms with Gasteiger partial charge in [0, 0.05) is 35.5 Å². The maximum absolute atomic E-state index is 11.4. The third-order valence-corrected chi connectivity index (χ3v) is 8.92. The number of sulfonamides is 1. The molecule has 0 amide bonds. The Morgan fingerprint density at radius 3 is 2.76 bits per heavy atom. The van der Waals surface area contributed by atoms with Crippen molar-refractivity contribution in [1.82, 2.24) is 10.2 Å². The van der Waals surface area contributed by atoms with E-state index in [1.54, 1.807) is 12.1 Å². The number of hydrogen-bond donors (Lipinski definition) is 2. The predicted molar refractivity (Wildman–Crippen MR) is 106 cm³/mol. The number of thioether (sulfide) groups is 1. The average molecular weight is 403 g/mol. The van der Waals surface area contributed by atoms with Crippen LogP contribution >= 0.6 is 23.1 Å². The largest absolute Gasteiger partial charge is 0.351 e. The van der Waals surface area contributed by atoms with E-state index in [2.05, 4.69) is 27.0 Å². The molecule has 140 valence electrons. The highest BCUT2D eigenvalue weighted by Crippen LogP contribution is 2.42. The van der Waals surface area contributed by atoms with E-state index in [4.69, 9.17) is 5.14 Å². The Bertz CT molecular complexity index is 718. The van der Waals surface area contributed by atoms with Gasteiger partial charge in [-0.25, -0.2) is 13.6 Å². The van der Waals surface area contributed by atoms with Crippen LogP contribution in [-0.2, 0) is 16.6 Å². The summed E-state index contributed by atoms with van der Waals surface area (Å²) in [6.45, 7) is 2.60. The second-order valence-electron chi connectivity index (χ2n) is 6.68. The fraction of sp³-hybridized carbons (Fsp3) is 0.688. The first-order valence-corrected chi connectivity index (χ1v) is 12.0.